The second-order valence-electron chi connectivity index (χ2n) is 10.2. The van der Waals surface area contributed by atoms with Crippen molar-refractivity contribution in [2.45, 2.75) is 46.3 Å². The Labute approximate surface area is 230 Å². The molecule has 0 radical (unpaired) electrons. The largest absolute Gasteiger partial charge is 0.710 e. The standard InChI is InChI=1S/C29H30N6O5/c1-17-11-18(2)35(38)26(30)23(17)14-31-27-32-28(36)34(16-20-4-6-25-22(13-20)8-10-40-25)29(37)33(27)15-19-3-5-24-21(12-19)7-9-39-24/h3-6,11-13H,7-10,14-16,30H2,1-2H3,(H,31,32,36). The van der Waals surface area contributed by atoms with Crippen molar-refractivity contribution in [2.24, 2.45) is 0 Å². The molecule has 2 aromatic carbocycles. The third kappa shape index (κ3) is 4.63. The number of hydrogen-bond donors (Lipinski definition) is 2. The van der Waals surface area contributed by atoms with E-state index in [9.17, 15) is 14.8 Å². The Balaban J connectivity index is 1.38. The minimum absolute atomic E-state index is 0.0615. The molecular weight excluding hydrogens is 512 g/mol. The van der Waals surface area contributed by atoms with Gasteiger partial charge < -0.3 is 20.0 Å². The summed E-state index contributed by atoms with van der Waals surface area (Å²) in [4.78, 5) is 31.3. The third-order valence-corrected chi connectivity index (χ3v) is 7.51. The van der Waals surface area contributed by atoms with E-state index in [2.05, 4.69) is 10.3 Å². The van der Waals surface area contributed by atoms with Gasteiger partial charge in [0.25, 0.3) is 5.82 Å². The second-order valence-corrected chi connectivity index (χ2v) is 10.2. The number of aryl methyl sites for hydroxylation is 2. The smallest absolute Gasteiger partial charge is 0.355 e. The molecule has 2 aliphatic heterocycles. The van der Waals surface area contributed by atoms with E-state index in [0.29, 0.717) is 29.2 Å². The second kappa shape index (κ2) is 10.1. The molecule has 0 amide bonds. The van der Waals surface area contributed by atoms with Crippen LogP contribution in [0.3, 0.4) is 0 Å². The van der Waals surface area contributed by atoms with Crippen LogP contribution in [0.2, 0.25) is 0 Å². The summed E-state index contributed by atoms with van der Waals surface area (Å²) < 4.78 is 14.5. The molecule has 40 heavy (non-hydrogen) atoms. The molecule has 11 heteroatoms. The van der Waals surface area contributed by atoms with Gasteiger partial charge in [0.15, 0.2) is 0 Å². The van der Waals surface area contributed by atoms with E-state index in [0.717, 1.165) is 56.7 Å². The maximum absolute atomic E-state index is 13.8. The molecule has 0 saturated carbocycles. The molecule has 0 atom stereocenters. The number of pyridine rings is 1. The number of ether oxygens (including phenoxy) is 2. The molecule has 0 fully saturated rings. The van der Waals surface area contributed by atoms with Gasteiger partial charge in [-0.1, -0.05) is 24.3 Å². The van der Waals surface area contributed by atoms with E-state index in [-0.39, 0.29) is 31.4 Å². The van der Waals surface area contributed by atoms with E-state index < -0.39 is 11.4 Å². The van der Waals surface area contributed by atoms with Gasteiger partial charge in [0, 0.05) is 12.8 Å². The Morgan fingerprint density at radius 3 is 2.17 bits per heavy atom. The summed E-state index contributed by atoms with van der Waals surface area (Å²) in [6.07, 6.45) is 1.58. The Bertz CT molecular complexity index is 1760. The molecule has 0 spiro atoms. The topological polar surface area (TPSA) is 140 Å². The molecule has 206 valence electrons. The quantitative estimate of drug-likeness (QED) is 0.266. The fourth-order valence-electron chi connectivity index (χ4n) is 5.35. The van der Waals surface area contributed by atoms with E-state index in [1.165, 1.54) is 4.57 Å². The number of nitrogens with zero attached hydrogens (tertiary/aromatic N) is 4. The van der Waals surface area contributed by atoms with E-state index in [1.54, 1.807) is 13.0 Å². The predicted octanol–water partition coefficient (Wildman–Crippen LogP) is 1.82. The summed E-state index contributed by atoms with van der Waals surface area (Å²) in [5.74, 6) is 1.83. The number of nitrogens with one attached hydrogen (secondary N) is 1. The van der Waals surface area contributed by atoms with E-state index in [4.69, 9.17) is 15.2 Å². The van der Waals surface area contributed by atoms with Crippen LogP contribution < -0.4 is 36.6 Å². The van der Waals surface area contributed by atoms with Crippen molar-refractivity contribution in [3.8, 4) is 11.5 Å². The van der Waals surface area contributed by atoms with E-state index >= 15 is 0 Å². The number of aromatic nitrogens is 4. The Morgan fingerprint density at radius 2 is 1.55 bits per heavy atom. The molecule has 4 heterocycles. The maximum Gasteiger partial charge on any atom is 0.355 e. The van der Waals surface area contributed by atoms with Crippen LogP contribution in [-0.2, 0) is 32.5 Å². The summed E-state index contributed by atoms with van der Waals surface area (Å²) in [6.45, 7) is 5.16. The van der Waals surface area contributed by atoms with Gasteiger partial charge in [-0.3, -0.25) is 10.3 Å². The van der Waals surface area contributed by atoms with Crippen molar-refractivity contribution < 1.29 is 14.2 Å². The molecule has 0 unspecified atom stereocenters. The van der Waals surface area contributed by atoms with Crippen LogP contribution in [0.5, 0.6) is 11.5 Å². The van der Waals surface area contributed by atoms with Gasteiger partial charge in [-0.25, -0.2) is 18.9 Å². The summed E-state index contributed by atoms with van der Waals surface area (Å²) in [5.41, 5.74) is 10.6. The predicted molar refractivity (Wildman–Crippen MR) is 149 cm³/mol. The van der Waals surface area contributed by atoms with Crippen LogP contribution in [-0.4, -0.2) is 27.3 Å². The highest BCUT2D eigenvalue weighted by Gasteiger charge is 2.20. The van der Waals surface area contributed by atoms with Crippen LogP contribution in [0.4, 0.5) is 11.8 Å². The number of anilines is 2. The van der Waals surface area contributed by atoms with Crippen molar-refractivity contribution in [2.75, 3.05) is 24.3 Å². The molecule has 11 nitrogen and oxygen atoms in total. The number of fused-ring (bicyclic) bond motifs is 2. The first-order valence-electron chi connectivity index (χ1n) is 13.2. The lowest BCUT2D eigenvalue weighted by molar-refractivity contribution is -0.597. The van der Waals surface area contributed by atoms with Gasteiger partial charge in [-0.05, 0) is 59.9 Å². The third-order valence-electron chi connectivity index (χ3n) is 7.51. The first-order chi connectivity index (χ1) is 19.3. The van der Waals surface area contributed by atoms with Crippen molar-refractivity contribution in [1.29, 1.82) is 0 Å². The molecule has 2 aromatic heterocycles. The van der Waals surface area contributed by atoms with Crippen LogP contribution >= 0.6 is 0 Å². The van der Waals surface area contributed by atoms with Crippen molar-refractivity contribution in [3.63, 3.8) is 0 Å². The fraction of sp³-hybridized carbons (Fsp3) is 0.310. The van der Waals surface area contributed by atoms with Gasteiger partial charge in [0.1, 0.15) is 17.2 Å². The van der Waals surface area contributed by atoms with E-state index in [1.807, 2.05) is 43.3 Å². The molecule has 4 aromatic rings. The van der Waals surface area contributed by atoms with Gasteiger partial charge in [-0.2, -0.15) is 4.98 Å². The summed E-state index contributed by atoms with van der Waals surface area (Å²) >= 11 is 0. The average molecular weight is 543 g/mol. The van der Waals surface area contributed by atoms with Crippen molar-refractivity contribution in [3.05, 3.63) is 108 Å². The average Bonchev–Trinajstić information content (AvgIpc) is 3.60. The lowest BCUT2D eigenvalue weighted by atomic mass is 10.1. The minimum Gasteiger partial charge on any atom is -0.710 e. The van der Waals surface area contributed by atoms with Crippen molar-refractivity contribution >= 4 is 11.8 Å². The molecular formula is C29H30N6O5. The first-order valence-corrected chi connectivity index (χ1v) is 13.2. The van der Waals surface area contributed by atoms with Crippen LogP contribution in [0, 0.1) is 19.1 Å². The molecule has 0 bridgehead atoms. The number of hydrogen-bond acceptors (Lipinski definition) is 8. The fourth-order valence-corrected chi connectivity index (χ4v) is 5.35. The highest BCUT2D eigenvalue weighted by Crippen LogP contribution is 2.27. The molecule has 2 aliphatic rings. The lowest BCUT2D eigenvalue weighted by Gasteiger charge is -2.18. The Hall–Kier alpha value is -4.80. The summed E-state index contributed by atoms with van der Waals surface area (Å²) in [5, 5.41) is 15.5. The Morgan fingerprint density at radius 1 is 0.950 bits per heavy atom. The van der Waals surface area contributed by atoms with Crippen LogP contribution in [0.1, 0.15) is 39.1 Å². The first kappa shape index (κ1) is 25.5. The van der Waals surface area contributed by atoms with Gasteiger partial charge in [0.05, 0.1) is 38.4 Å². The summed E-state index contributed by atoms with van der Waals surface area (Å²) in [7, 11) is 0. The molecule has 3 N–H and O–H groups in total. The zero-order valence-electron chi connectivity index (χ0n) is 22.4. The monoisotopic (exact) mass is 542 g/mol. The zero-order valence-corrected chi connectivity index (χ0v) is 22.4. The summed E-state index contributed by atoms with van der Waals surface area (Å²) in [6, 6.07) is 13.2. The molecule has 6 rings (SSSR count). The number of nitrogen functional groups attached to an aromatic ring is 1. The van der Waals surface area contributed by atoms with Gasteiger partial charge in [-0.15, -0.1) is 0 Å². The minimum atomic E-state index is -0.671. The van der Waals surface area contributed by atoms with Crippen molar-refractivity contribution in [1.82, 2.24) is 14.1 Å². The van der Waals surface area contributed by atoms with Gasteiger partial charge in [0.2, 0.25) is 5.95 Å². The maximum atomic E-state index is 13.8. The highest BCUT2D eigenvalue weighted by molar-refractivity contribution is 5.44. The highest BCUT2D eigenvalue weighted by atomic mass is 16.5. The SMILES string of the molecule is Cc1cc(C)[n+]([O-])c(N)c1CNc1nc(=O)n(Cc2ccc3c(c2)CCO3)c(=O)n1Cc1ccc2c(c1)CCO2. The zero-order chi connectivity index (χ0) is 28.0. The van der Waals surface area contributed by atoms with Crippen LogP contribution in [0.15, 0.2) is 52.1 Å². The molecule has 0 saturated heterocycles. The van der Waals surface area contributed by atoms with Crippen LogP contribution in [0.25, 0.3) is 0 Å². The number of benzene rings is 2. The Kier molecular flexibility index (Phi) is 6.41. The van der Waals surface area contributed by atoms with Gasteiger partial charge >= 0.3 is 11.4 Å². The normalized spacial score (nSPS) is 13.4. The molecule has 0 aliphatic carbocycles. The lowest BCUT2D eigenvalue weighted by Crippen LogP contribution is -2.43. The number of rotatable bonds is 7. The number of nitrogens with two attached hydrogens (primary N) is 1.